The lowest BCUT2D eigenvalue weighted by Gasteiger charge is -2.31. The van der Waals surface area contributed by atoms with Crippen molar-refractivity contribution in [2.75, 3.05) is 13.1 Å². The summed E-state index contributed by atoms with van der Waals surface area (Å²) in [4.78, 5) is 18.6. The van der Waals surface area contributed by atoms with Crippen molar-refractivity contribution in [1.82, 2.24) is 9.88 Å². The molecule has 33 heavy (non-hydrogen) atoms. The van der Waals surface area contributed by atoms with Gasteiger partial charge in [-0.2, -0.15) is 18.4 Å². The van der Waals surface area contributed by atoms with Crippen LogP contribution in [0.1, 0.15) is 33.6 Å². The number of pyridine rings is 1. The first kappa shape index (κ1) is 22.9. The minimum atomic E-state index is -4.63. The molecule has 0 unspecified atom stereocenters. The zero-order valence-corrected chi connectivity index (χ0v) is 17.8. The van der Waals surface area contributed by atoms with Gasteiger partial charge in [0, 0.05) is 48.1 Å². The smallest absolute Gasteiger partial charge is 0.338 e. The Labute approximate surface area is 189 Å². The Morgan fingerprint density at radius 3 is 2.39 bits per heavy atom. The zero-order chi connectivity index (χ0) is 23.8. The third-order valence-corrected chi connectivity index (χ3v) is 6.42. The molecule has 1 aliphatic heterocycles. The Kier molecular flexibility index (Phi) is 5.93. The molecule has 1 fully saturated rings. The fraction of sp³-hybridized carbons (Fsp3) is 0.261. The Morgan fingerprint density at radius 1 is 1.09 bits per heavy atom. The van der Waals surface area contributed by atoms with Crippen molar-refractivity contribution in [3.8, 4) is 27.8 Å². The number of hydrogen-bond donors (Lipinski definition) is 0. The van der Waals surface area contributed by atoms with Gasteiger partial charge in [-0.25, -0.2) is 8.78 Å². The summed E-state index contributed by atoms with van der Waals surface area (Å²) in [5, 5.41) is 8.96. The van der Waals surface area contributed by atoms with Crippen molar-refractivity contribution >= 4 is 17.2 Å². The molecule has 4 nitrogen and oxygen atoms in total. The molecule has 0 atom stereocenters. The summed E-state index contributed by atoms with van der Waals surface area (Å²) in [5.74, 6) is -3.22. The highest BCUT2D eigenvalue weighted by Crippen LogP contribution is 2.41. The molecule has 4 rings (SSSR count). The monoisotopic (exact) mass is 477 g/mol. The van der Waals surface area contributed by atoms with E-state index in [0.29, 0.717) is 9.75 Å². The molecular weight excluding hydrogens is 461 g/mol. The summed E-state index contributed by atoms with van der Waals surface area (Å²) < 4.78 is 67.9. The van der Waals surface area contributed by atoms with Crippen LogP contribution in [0.2, 0.25) is 0 Å². The normalized spacial score (nSPS) is 15.8. The van der Waals surface area contributed by atoms with Crippen LogP contribution in [0.4, 0.5) is 22.0 Å². The number of nitrogens with zero attached hydrogens (tertiary/aromatic N) is 3. The standard InChI is InChI=1S/C23H16F5N3OS/c24-22(25)7-9-31(10-8-22)21(32)15-2-5-19(30-13-15)14-1-4-17(18(11-14)23(26,27)28)20-6-3-16(12-29)33-20/h1-6,11,13H,7-10H2. The molecule has 3 aromatic rings. The van der Waals surface area contributed by atoms with E-state index in [9.17, 15) is 26.7 Å². The van der Waals surface area contributed by atoms with E-state index < -0.39 is 36.4 Å². The molecule has 3 heterocycles. The molecule has 1 aliphatic rings. The van der Waals surface area contributed by atoms with E-state index in [4.69, 9.17) is 5.26 Å². The number of benzene rings is 1. The van der Waals surface area contributed by atoms with Crippen LogP contribution >= 0.6 is 11.3 Å². The minimum absolute atomic E-state index is 0.0357. The predicted molar refractivity (Wildman–Crippen MR) is 113 cm³/mol. The van der Waals surface area contributed by atoms with Crippen LogP contribution in [-0.4, -0.2) is 34.8 Å². The van der Waals surface area contributed by atoms with Crippen molar-refractivity contribution in [2.24, 2.45) is 0 Å². The maximum atomic E-state index is 13.8. The van der Waals surface area contributed by atoms with Gasteiger partial charge in [0.2, 0.25) is 0 Å². The first-order chi connectivity index (χ1) is 15.6. The molecule has 0 spiro atoms. The van der Waals surface area contributed by atoms with E-state index >= 15 is 0 Å². The van der Waals surface area contributed by atoms with E-state index in [1.54, 1.807) is 0 Å². The van der Waals surface area contributed by atoms with Crippen molar-refractivity contribution < 1.29 is 26.7 Å². The fourth-order valence-electron chi connectivity index (χ4n) is 3.61. The molecule has 0 saturated carbocycles. The lowest BCUT2D eigenvalue weighted by Crippen LogP contribution is -2.42. The molecule has 10 heteroatoms. The summed E-state index contributed by atoms with van der Waals surface area (Å²) in [7, 11) is 0. The van der Waals surface area contributed by atoms with Gasteiger partial charge in [-0.15, -0.1) is 11.3 Å². The second-order valence-corrected chi connectivity index (χ2v) is 8.70. The Hall–Kier alpha value is -3.32. The Bertz CT molecular complexity index is 1220. The molecule has 1 aromatic carbocycles. The summed E-state index contributed by atoms with van der Waals surface area (Å²) in [6.45, 7) is -0.138. The van der Waals surface area contributed by atoms with Crippen molar-refractivity contribution in [2.45, 2.75) is 24.9 Å². The van der Waals surface area contributed by atoms with Crippen LogP contribution in [0.25, 0.3) is 21.7 Å². The molecule has 0 radical (unpaired) electrons. The van der Waals surface area contributed by atoms with Crippen LogP contribution in [0.3, 0.4) is 0 Å². The summed E-state index contributed by atoms with van der Waals surface area (Å²) in [6.07, 6.45) is -4.20. The number of rotatable bonds is 3. The van der Waals surface area contributed by atoms with Gasteiger partial charge in [-0.3, -0.25) is 9.78 Å². The van der Waals surface area contributed by atoms with Crippen molar-refractivity contribution in [1.29, 1.82) is 5.26 Å². The first-order valence-electron chi connectivity index (χ1n) is 9.92. The minimum Gasteiger partial charge on any atom is -0.338 e. The summed E-state index contributed by atoms with van der Waals surface area (Å²) >= 11 is 0.971. The molecule has 0 aliphatic carbocycles. The third kappa shape index (κ3) is 4.88. The van der Waals surface area contributed by atoms with Crippen LogP contribution in [0.5, 0.6) is 0 Å². The number of halogens is 5. The average Bonchev–Trinajstić information content (AvgIpc) is 3.27. The molecule has 0 N–H and O–H groups in total. The number of thiophene rings is 1. The van der Waals surface area contributed by atoms with Gasteiger partial charge in [0.05, 0.1) is 16.8 Å². The van der Waals surface area contributed by atoms with Gasteiger partial charge in [0.15, 0.2) is 0 Å². The second kappa shape index (κ2) is 8.56. The summed E-state index contributed by atoms with van der Waals surface area (Å²) in [6, 6.07) is 11.5. The van der Waals surface area contributed by atoms with Crippen molar-refractivity contribution in [3.05, 3.63) is 64.7 Å². The highest BCUT2D eigenvalue weighted by molar-refractivity contribution is 7.16. The number of piperidine rings is 1. The molecule has 170 valence electrons. The fourth-order valence-corrected chi connectivity index (χ4v) is 4.45. The van der Waals surface area contributed by atoms with Crippen LogP contribution in [0, 0.1) is 11.3 Å². The van der Waals surface area contributed by atoms with Gasteiger partial charge in [-0.05, 0) is 30.3 Å². The number of carbonyl (C=O) groups is 1. The van der Waals surface area contributed by atoms with Gasteiger partial charge in [0.25, 0.3) is 11.8 Å². The van der Waals surface area contributed by atoms with Gasteiger partial charge in [0.1, 0.15) is 10.9 Å². The van der Waals surface area contributed by atoms with E-state index in [0.717, 1.165) is 17.4 Å². The third-order valence-electron chi connectivity index (χ3n) is 5.39. The molecule has 2 aromatic heterocycles. The molecular formula is C23H16F5N3OS. The average molecular weight is 477 g/mol. The van der Waals surface area contributed by atoms with E-state index in [2.05, 4.69) is 4.98 Å². The van der Waals surface area contributed by atoms with Crippen LogP contribution < -0.4 is 0 Å². The highest BCUT2D eigenvalue weighted by Gasteiger charge is 2.36. The molecule has 1 saturated heterocycles. The molecule has 0 bridgehead atoms. The van der Waals surface area contributed by atoms with Gasteiger partial charge in [-0.1, -0.05) is 12.1 Å². The molecule has 1 amide bonds. The highest BCUT2D eigenvalue weighted by atomic mass is 32.1. The quantitative estimate of drug-likeness (QED) is 0.420. The maximum absolute atomic E-state index is 13.8. The lowest BCUT2D eigenvalue weighted by molar-refractivity contribution is -0.137. The van der Waals surface area contributed by atoms with Gasteiger partial charge >= 0.3 is 6.18 Å². The van der Waals surface area contributed by atoms with E-state index in [-0.39, 0.29) is 35.5 Å². The Balaban J connectivity index is 1.60. The Morgan fingerprint density at radius 2 is 1.82 bits per heavy atom. The SMILES string of the molecule is N#Cc1ccc(-c2ccc(-c3ccc(C(=O)N4CCC(F)(F)CC4)cn3)cc2C(F)(F)F)s1. The number of nitriles is 1. The number of carbonyl (C=O) groups excluding carboxylic acids is 1. The van der Waals surface area contributed by atoms with Gasteiger partial charge < -0.3 is 4.90 Å². The van der Waals surface area contributed by atoms with E-state index in [1.807, 2.05) is 6.07 Å². The van der Waals surface area contributed by atoms with Crippen LogP contribution in [0.15, 0.2) is 48.7 Å². The van der Waals surface area contributed by atoms with E-state index in [1.165, 1.54) is 47.5 Å². The first-order valence-corrected chi connectivity index (χ1v) is 10.7. The number of amides is 1. The number of hydrogen-bond acceptors (Lipinski definition) is 4. The second-order valence-electron chi connectivity index (χ2n) is 7.61. The zero-order valence-electron chi connectivity index (χ0n) is 17.0. The predicted octanol–water partition coefficient (Wildman–Crippen LogP) is 6.24. The summed E-state index contributed by atoms with van der Waals surface area (Å²) in [5.41, 5.74) is -0.273. The lowest BCUT2D eigenvalue weighted by atomic mass is 10.00. The number of alkyl halides is 5. The number of likely N-dealkylation sites (tertiary alicyclic amines) is 1. The number of aromatic nitrogens is 1. The van der Waals surface area contributed by atoms with Crippen LogP contribution in [-0.2, 0) is 6.18 Å². The topological polar surface area (TPSA) is 57.0 Å². The van der Waals surface area contributed by atoms with Crippen molar-refractivity contribution in [3.63, 3.8) is 0 Å². The maximum Gasteiger partial charge on any atom is 0.417 e. The largest absolute Gasteiger partial charge is 0.417 e.